The second-order valence-electron chi connectivity index (χ2n) is 6.68. The third kappa shape index (κ3) is 4.75. The summed E-state index contributed by atoms with van der Waals surface area (Å²) in [6.45, 7) is 0. The number of carbonyl (C=O) groups excluding carboxylic acids is 1. The Bertz CT molecular complexity index is 1430. The summed E-state index contributed by atoms with van der Waals surface area (Å²) in [7, 11) is 0. The Morgan fingerprint density at radius 2 is 1.73 bits per heavy atom. The molecule has 0 N–H and O–H groups in total. The highest BCUT2D eigenvalue weighted by Gasteiger charge is 2.40. The lowest BCUT2D eigenvalue weighted by Gasteiger charge is -2.14. The lowest BCUT2D eigenvalue weighted by Crippen LogP contribution is -2.16. The van der Waals surface area contributed by atoms with Crippen molar-refractivity contribution in [2.45, 2.75) is 6.18 Å². The van der Waals surface area contributed by atoms with Crippen LogP contribution in [0.3, 0.4) is 0 Å². The number of benzene rings is 3. The minimum absolute atomic E-state index is 0.0182. The van der Waals surface area contributed by atoms with E-state index < -0.39 is 40.5 Å². The van der Waals surface area contributed by atoms with Gasteiger partial charge in [-0.1, -0.05) is 18.2 Å². The van der Waals surface area contributed by atoms with E-state index in [2.05, 4.69) is 15.9 Å². The number of hydrogen-bond donors (Lipinski definition) is 0. The molecule has 168 valence electrons. The average molecular weight is 523 g/mol. The van der Waals surface area contributed by atoms with Gasteiger partial charge >= 0.3 is 12.1 Å². The van der Waals surface area contributed by atoms with Crippen molar-refractivity contribution in [3.63, 3.8) is 0 Å². The Hall–Kier alpha value is -3.66. The molecule has 0 fully saturated rings. The Morgan fingerprint density at radius 1 is 0.970 bits per heavy atom. The van der Waals surface area contributed by atoms with Crippen molar-refractivity contribution in [3.05, 3.63) is 98.6 Å². The molecule has 0 spiro atoms. The molecule has 0 bridgehead atoms. The first-order valence-corrected chi connectivity index (χ1v) is 10.0. The molecule has 5 nitrogen and oxygen atoms in total. The second-order valence-corrected chi connectivity index (χ2v) is 7.53. The molecule has 3 aromatic carbocycles. The third-order valence-corrected chi connectivity index (χ3v) is 5.05. The fourth-order valence-corrected chi connectivity index (χ4v) is 3.28. The van der Waals surface area contributed by atoms with Crippen LogP contribution in [0.1, 0.15) is 16.1 Å². The topological polar surface area (TPSA) is 65.7 Å². The maximum absolute atomic E-state index is 13.7. The van der Waals surface area contributed by atoms with Gasteiger partial charge in [0.25, 0.3) is 5.76 Å². The van der Waals surface area contributed by atoms with Crippen molar-refractivity contribution in [1.82, 2.24) is 0 Å². The van der Waals surface area contributed by atoms with Crippen molar-refractivity contribution in [3.8, 4) is 17.2 Å². The van der Waals surface area contributed by atoms with Crippen LogP contribution in [-0.2, 0) is 6.18 Å². The van der Waals surface area contributed by atoms with Crippen molar-refractivity contribution in [2.24, 2.45) is 0 Å². The normalized spacial score (nSPS) is 11.4. The van der Waals surface area contributed by atoms with E-state index in [-0.39, 0.29) is 22.4 Å². The minimum Gasteiger partial charge on any atom is -0.448 e. The van der Waals surface area contributed by atoms with Crippen molar-refractivity contribution >= 4 is 32.9 Å². The molecule has 0 amide bonds. The van der Waals surface area contributed by atoms with E-state index in [0.29, 0.717) is 4.47 Å². The molecular formula is C23H11BrF4O5. The molecule has 0 aliphatic rings. The van der Waals surface area contributed by atoms with Gasteiger partial charge in [0.15, 0.2) is 0 Å². The zero-order valence-electron chi connectivity index (χ0n) is 16.3. The maximum atomic E-state index is 13.7. The maximum Gasteiger partial charge on any atom is 0.453 e. The highest BCUT2D eigenvalue weighted by atomic mass is 79.9. The van der Waals surface area contributed by atoms with Crippen molar-refractivity contribution in [2.75, 3.05) is 0 Å². The number of carbonyl (C=O) groups is 1. The standard InChI is InChI=1S/C23H11BrF4O5/c24-16-6-1-2-7-17(16)32-20-19(29)15-9-8-14(11-18(15)33-21(20)23(26,27)28)31-22(30)12-4-3-5-13(25)10-12/h1-11H. The fraction of sp³-hybridized carbons (Fsp3) is 0.0435. The molecule has 1 heterocycles. The van der Waals surface area contributed by atoms with E-state index in [4.69, 9.17) is 13.9 Å². The van der Waals surface area contributed by atoms with Crippen LogP contribution < -0.4 is 14.9 Å². The first kappa shape index (κ1) is 22.5. The molecule has 0 saturated carbocycles. The molecule has 0 radical (unpaired) electrons. The van der Waals surface area contributed by atoms with E-state index in [1.54, 1.807) is 6.07 Å². The average Bonchev–Trinajstić information content (AvgIpc) is 2.76. The number of rotatable bonds is 4. The van der Waals surface area contributed by atoms with Crippen LogP contribution in [0.5, 0.6) is 17.2 Å². The molecule has 4 aromatic rings. The Balaban J connectivity index is 1.77. The molecule has 0 saturated heterocycles. The van der Waals surface area contributed by atoms with E-state index in [1.165, 1.54) is 36.4 Å². The molecule has 0 unspecified atom stereocenters. The highest BCUT2D eigenvalue weighted by Crippen LogP contribution is 2.39. The highest BCUT2D eigenvalue weighted by molar-refractivity contribution is 9.10. The van der Waals surface area contributed by atoms with Gasteiger partial charge in [-0.15, -0.1) is 0 Å². The number of halogens is 5. The molecule has 10 heteroatoms. The lowest BCUT2D eigenvalue weighted by atomic mass is 10.2. The van der Waals surface area contributed by atoms with E-state index in [0.717, 1.165) is 24.3 Å². The van der Waals surface area contributed by atoms with Crippen LogP contribution in [0.4, 0.5) is 17.6 Å². The molecule has 0 atom stereocenters. The largest absolute Gasteiger partial charge is 0.453 e. The number of esters is 1. The predicted octanol–water partition coefficient (Wildman–Crippen LogP) is 6.72. The smallest absolute Gasteiger partial charge is 0.448 e. The molecule has 33 heavy (non-hydrogen) atoms. The SMILES string of the molecule is O=C(Oc1ccc2c(=O)c(Oc3ccccc3Br)c(C(F)(F)F)oc2c1)c1cccc(F)c1. The first-order valence-electron chi connectivity index (χ1n) is 9.21. The summed E-state index contributed by atoms with van der Waals surface area (Å²) in [5.74, 6) is -4.51. The zero-order chi connectivity index (χ0) is 23.8. The predicted molar refractivity (Wildman–Crippen MR) is 113 cm³/mol. The molecule has 1 aromatic heterocycles. The molecular weight excluding hydrogens is 512 g/mol. The van der Waals surface area contributed by atoms with Gasteiger partial charge in [-0.2, -0.15) is 13.2 Å². The van der Waals surface area contributed by atoms with Gasteiger partial charge in [0.2, 0.25) is 11.2 Å². The van der Waals surface area contributed by atoms with Crippen molar-refractivity contribution < 1.29 is 36.2 Å². The number of para-hydroxylation sites is 1. The summed E-state index contributed by atoms with van der Waals surface area (Å²) < 4.78 is 70.0. The first-order chi connectivity index (χ1) is 15.6. The number of ether oxygens (including phenoxy) is 2. The van der Waals surface area contributed by atoms with E-state index in [9.17, 15) is 27.2 Å². The van der Waals surface area contributed by atoms with E-state index >= 15 is 0 Å². The van der Waals surface area contributed by atoms with Crippen LogP contribution in [0.25, 0.3) is 11.0 Å². The second kappa shape index (κ2) is 8.70. The minimum atomic E-state index is -5.06. The summed E-state index contributed by atoms with van der Waals surface area (Å²) in [6.07, 6.45) is -5.06. The monoisotopic (exact) mass is 522 g/mol. The summed E-state index contributed by atoms with van der Waals surface area (Å²) in [4.78, 5) is 25.1. The summed E-state index contributed by atoms with van der Waals surface area (Å²) in [5, 5.41) is -0.226. The van der Waals surface area contributed by atoms with Crippen molar-refractivity contribution in [1.29, 1.82) is 0 Å². The van der Waals surface area contributed by atoms with Crippen LogP contribution in [0.2, 0.25) is 0 Å². The zero-order valence-corrected chi connectivity index (χ0v) is 17.9. The fourth-order valence-electron chi connectivity index (χ4n) is 2.92. The van der Waals surface area contributed by atoms with Gasteiger partial charge in [-0.3, -0.25) is 4.79 Å². The summed E-state index contributed by atoms with van der Waals surface area (Å²) in [5.41, 5.74) is -1.65. The Labute approximate surface area is 191 Å². The van der Waals surface area contributed by atoms with Crippen LogP contribution in [0.15, 0.2) is 80.4 Å². The van der Waals surface area contributed by atoms with Gasteiger partial charge in [0.1, 0.15) is 22.9 Å². The van der Waals surface area contributed by atoms with Gasteiger partial charge < -0.3 is 13.9 Å². The van der Waals surface area contributed by atoms with Crippen LogP contribution in [-0.4, -0.2) is 5.97 Å². The third-order valence-electron chi connectivity index (χ3n) is 4.40. The van der Waals surface area contributed by atoms with Crippen LogP contribution >= 0.6 is 15.9 Å². The summed E-state index contributed by atoms with van der Waals surface area (Å²) >= 11 is 3.15. The quantitative estimate of drug-likeness (QED) is 0.169. The number of alkyl halides is 3. The van der Waals surface area contributed by atoms with Gasteiger partial charge in [-0.05, 0) is 58.4 Å². The number of fused-ring (bicyclic) bond motifs is 1. The van der Waals surface area contributed by atoms with Gasteiger partial charge in [-0.25, -0.2) is 9.18 Å². The van der Waals surface area contributed by atoms with E-state index in [1.807, 2.05) is 0 Å². The Kier molecular flexibility index (Phi) is 5.94. The molecule has 0 aliphatic heterocycles. The van der Waals surface area contributed by atoms with Gasteiger partial charge in [0.05, 0.1) is 15.4 Å². The number of hydrogen-bond acceptors (Lipinski definition) is 5. The lowest BCUT2D eigenvalue weighted by molar-refractivity contribution is -0.154. The Morgan fingerprint density at radius 3 is 2.42 bits per heavy atom. The van der Waals surface area contributed by atoms with Gasteiger partial charge in [0, 0.05) is 6.07 Å². The molecule has 4 rings (SSSR count). The summed E-state index contributed by atoms with van der Waals surface area (Å²) in [6, 6.07) is 14.0. The molecule has 0 aliphatic carbocycles. The van der Waals surface area contributed by atoms with Crippen LogP contribution in [0, 0.1) is 5.82 Å².